The molecule has 0 aliphatic heterocycles. The molecule has 27 heavy (non-hydrogen) atoms. The van der Waals surface area contributed by atoms with Crippen LogP contribution in [0.3, 0.4) is 0 Å². The lowest BCUT2D eigenvalue weighted by molar-refractivity contribution is 0.0951. The molecule has 0 unspecified atom stereocenters. The van der Waals surface area contributed by atoms with Gasteiger partial charge in [-0.1, -0.05) is 47.7 Å². The SMILES string of the molecule is O=C(NCc1ccccc1)c1ccc(NCn2nnc3ccccc32)cc1. The van der Waals surface area contributed by atoms with Gasteiger partial charge in [0.15, 0.2) is 0 Å². The first-order valence-electron chi connectivity index (χ1n) is 8.74. The number of carbonyl (C=O) groups excluding carboxylic acids is 1. The maximum Gasteiger partial charge on any atom is 0.251 e. The second-order valence-corrected chi connectivity index (χ2v) is 6.16. The van der Waals surface area contributed by atoms with E-state index >= 15 is 0 Å². The zero-order chi connectivity index (χ0) is 18.5. The third-order valence-electron chi connectivity index (χ3n) is 4.30. The summed E-state index contributed by atoms with van der Waals surface area (Å²) in [5.41, 5.74) is 4.45. The van der Waals surface area contributed by atoms with Crippen LogP contribution in [0.1, 0.15) is 15.9 Å². The molecule has 0 fully saturated rings. The van der Waals surface area contributed by atoms with Gasteiger partial charge in [0, 0.05) is 17.8 Å². The maximum absolute atomic E-state index is 12.3. The molecule has 4 rings (SSSR count). The Kier molecular flexibility index (Phi) is 4.78. The van der Waals surface area contributed by atoms with Crippen LogP contribution in [0.15, 0.2) is 78.9 Å². The molecule has 0 aliphatic rings. The van der Waals surface area contributed by atoms with Gasteiger partial charge >= 0.3 is 0 Å². The van der Waals surface area contributed by atoms with E-state index in [9.17, 15) is 4.79 Å². The van der Waals surface area contributed by atoms with Crippen LogP contribution in [0, 0.1) is 0 Å². The van der Waals surface area contributed by atoms with Gasteiger partial charge in [-0.25, -0.2) is 4.68 Å². The van der Waals surface area contributed by atoms with Crippen molar-refractivity contribution in [3.05, 3.63) is 90.0 Å². The number of hydrogen-bond donors (Lipinski definition) is 2. The predicted octanol–water partition coefficient (Wildman–Crippen LogP) is 3.43. The molecular formula is C21H19N5O. The van der Waals surface area contributed by atoms with Crippen LogP contribution in [0.4, 0.5) is 5.69 Å². The van der Waals surface area contributed by atoms with Gasteiger partial charge in [-0.05, 0) is 42.0 Å². The predicted molar refractivity (Wildman–Crippen MR) is 105 cm³/mol. The van der Waals surface area contributed by atoms with Crippen molar-refractivity contribution in [3.63, 3.8) is 0 Å². The second kappa shape index (κ2) is 7.70. The Hall–Kier alpha value is -3.67. The molecule has 0 atom stereocenters. The first-order chi connectivity index (χ1) is 13.3. The Balaban J connectivity index is 1.35. The molecule has 0 saturated carbocycles. The van der Waals surface area contributed by atoms with Crippen LogP contribution < -0.4 is 10.6 Å². The number of rotatable bonds is 6. The monoisotopic (exact) mass is 357 g/mol. The first kappa shape index (κ1) is 16.8. The van der Waals surface area contributed by atoms with E-state index in [1.54, 1.807) is 4.68 Å². The molecule has 6 heteroatoms. The molecule has 1 aromatic heterocycles. The van der Waals surface area contributed by atoms with Gasteiger partial charge in [-0.2, -0.15) is 0 Å². The highest BCUT2D eigenvalue weighted by Gasteiger charge is 2.06. The Morgan fingerprint density at radius 1 is 0.889 bits per heavy atom. The number of para-hydroxylation sites is 1. The van der Waals surface area contributed by atoms with E-state index in [1.807, 2.05) is 78.9 Å². The van der Waals surface area contributed by atoms with Gasteiger partial charge in [0.1, 0.15) is 12.2 Å². The molecule has 2 N–H and O–H groups in total. The zero-order valence-electron chi connectivity index (χ0n) is 14.7. The Labute approximate surface area is 156 Å². The number of anilines is 1. The van der Waals surface area contributed by atoms with Crippen LogP contribution in [-0.4, -0.2) is 20.9 Å². The number of hydrogen-bond acceptors (Lipinski definition) is 4. The highest BCUT2D eigenvalue weighted by Crippen LogP contribution is 2.13. The molecule has 4 aromatic rings. The minimum absolute atomic E-state index is 0.0901. The van der Waals surface area contributed by atoms with Crippen molar-refractivity contribution < 1.29 is 4.79 Å². The van der Waals surface area contributed by atoms with Crippen LogP contribution in [0.25, 0.3) is 11.0 Å². The smallest absolute Gasteiger partial charge is 0.251 e. The maximum atomic E-state index is 12.3. The van der Waals surface area contributed by atoms with Crippen molar-refractivity contribution in [2.75, 3.05) is 5.32 Å². The quantitative estimate of drug-likeness (QED) is 0.555. The van der Waals surface area contributed by atoms with E-state index in [2.05, 4.69) is 20.9 Å². The van der Waals surface area contributed by atoms with E-state index in [4.69, 9.17) is 0 Å². The summed E-state index contributed by atoms with van der Waals surface area (Å²) in [5, 5.41) is 14.5. The Morgan fingerprint density at radius 2 is 1.63 bits per heavy atom. The molecule has 6 nitrogen and oxygen atoms in total. The fraction of sp³-hybridized carbons (Fsp3) is 0.0952. The highest BCUT2D eigenvalue weighted by molar-refractivity contribution is 5.94. The fourth-order valence-corrected chi connectivity index (χ4v) is 2.82. The Bertz CT molecular complexity index is 1040. The van der Waals surface area contributed by atoms with E-state index in [-0.39, 0.29) is 5.91 Å². The lowest BCUT2D eigenvalue weighted by atomic mass is 10.2. The number of fused-ring (bicyclic) bond motifs is 1. The number of carbonyl (C=O) groups is 1. The molecule has 0 bridgehead atoms. The molecule has 1 heterocycles. The molecule has 134 valence electrons. The molecule has 0 aliphatic carbocycles. The van der Waals surface area contributed by atoms with Crippen LogP contribution >= 0.6 is 0 Å². The summed E-state index contributed by atoms with van der Waals surface area (Å²) in [6.45, 7) is 1.01. The molecule has 1 amide bonds. The van der Waals surface area contributed by atoms with E-state index in [0.717, 1.165) is 22.3 Å². The number of aromatic nitrogens is 3. The molecule has 3 aromatic carbocycles. The largest absolute Gasteiger partial charge is 0.366 e. The summed E-state index contributed by atoms with van der Waals surface area (Å²) in [6.07, 6.45) is 0. The standard InChI is InChI=1S/C21H19N5O/c27-21(22-14-16-6-2-1-3-7-16)17-10-12-18(13-11-17)23-15-26-20-9-5-4-8-19(20)24-25-26/h1-13,23H,14-15H2,(H,22,27). The van der Waals surface area contributed by atoms with Gasteiger partial charge in [0.25, 0.3) is 5.91 Å². The number of nitrogens with zero attached hydrogens (tertiary/aromatic N) is 3. The molecule has 0 radical (unpaired) electrons. The summed E-state index contributed by atoms with van der Waals surface area (Å²) >= 11 is 0. The van der Waals surface area contributed by atoms with Crippen LogP contribution in [0.2, 0.25) is 0 Å². The summed E-state index contributed by atoms with van der Waals surface area (Å²) in [6, 6.07) is 25.1. The van der Waals surface area contributed by atoms with E-state index in [0.29, 0.717) is 18.8 Å². The summed E-state index contributed by atoms with van der Waals surface area (Å²) < 4.78 is 1.80. The van der Waals surface area contributed by atoms with Gasteiger partial charge < -0.3 is 10.6 Å². The fourth-order valence-electron chi connectivity index (χ4n) is 2.82. The van der Waals surface area contributed by atoms with Crippen molar-refractivity contribution in [1.29, 1.82) is 0 Å². The van der Waals surface area contributed by atoms with Crippen molar-refractivity contribution in [3.8, 4) is 0 Å². The first-order valence-corrected chi connectivity index (χ1v) is 8.74. The van der Waals surface area contributed by atoms with E-state index < -0.39 is 0 Å². The van der Waals surface area contributed by atoms with Gasteiger partial charge in [0.2, 0.25) is 0 Å². The molecule has 0 saturated heterocycles. The lowest BCUT2D eigenvalue weighted by Crippen LogP contribution is -2.22. The minimum atomic E-state index is -0.0901. The normalized spacial score (nSPS) is 10.7. The second-order valence-electron chi connectivity index (χ2n) is 6.16. The van der Waals surface area contributed by atoms with Gasteiger partial charge in [0.05, 0.1) is 5.52 Å². The Morgan fingerprint density at radius 3 is 2.44 bits per heavy atom. The zero-order valence-corrected chi connectivity index (χ0v) is 14.7. The van der Waals surface area contributed by atoms with Crippen molar-refractivity contribution in [2.24, 2.45) is 0 Å². The number of benzene rings is 3. The number of amides is 1. The summed E-state index contributed by atoms with van der Waals surface area (Å²) in [7, 11) is 0. The van der Waals surface area contributed by atoms with Gasteiger partial charge in [-0.3, -0.25) is 4.79 Å². The topological polar surface area (TPSA) is 71.8 Å². The number of nitrogens with one attached hydrogen (secondary N) is 2. The minimum Gasteiger partial charge on any atom is -0.366 e. The third-order valence-corrected chi connectivity index (χ3v) is 4.30. The third kappa shape index (κ3) is 3.95. The van der Waals surface area contributed by atoms with Crippen molar-refractivity contribution in [2.45, 2.75) is 13.2 Å². The van der Waals surface area contributed by atoms with Crippen molar-refractivity contribution in [1.82, 2.24) is 20.3 Å². The summed E-state index contributed by atoms with van der Waals surface area (Å²) in [5.74, 6) is -0.0901. The average molecular weight is 357 g/mol. The van der Waals surface area contributed by atoms with Crippen molar-refractivity contribution >= 4 is 22.6 Å². The van der Waals surface area contributed by atoms with Gasteiger partial charge in [-0.15, -0.1) is 5.10 Å². The molecular weight excluding hydrogens is 338 g/mol. The lowest BCUT2D eigenvalue weighted by Gasteiger charge is -2.09. The molecule has 0 spiro atoms. The highest BCUT2D eigenvalue weighted by atomic mass is 16.1. The van der Waals surface area contributed by atoms with Crippen LogP contribution in [0.5, 0.6) is 0 Å². The average Bonchev–Trinajstić information content (AvgIpc) is 3.15. The van der Waals surface area contributed by atoms with E-state index in [1.165, 1.54) is 0 Å². The van der Waals surface area contributed by atoms with Crippen LogP contribution in [-0.2, 0) is 13.2 Å². The summed E-state index contributed by atoms with van der Waals surface area (Å²) in [4.78, 5) is 12.3.